The number of benzene rings is 1. The summed E-state index contributed by atoms with van der Waals surface area (Å²) >= 11 is 0. The zero-order valence-corrected chi connectivity index (χ0v) is 12.7. The summed E-state index contributed by atoms with van der Waals surface area (Å²) in [4.78, 5) is 0. The van der Waals surface area contributed by atoms with Crippen LogP contribution in [0.2, 0.25) is 0 Å². The number of ether oxygens (including phenoxy) is 1. The van der Waals surface area contributed by atoms with Crippen molar-refractivity contribution in [3.63, 3.8) is 0 Å². The van der Waals surface area contributed by atoms with E-state index in [0.29, 0.717) is 6.61 Å². The molecule has 1 aliphatic heterocycles. The first kappa shape index (κ1) is 14.5. The minimum absolute atomic E-state index is 0.0183. The van der Waals surface area contributed by atoms with Gasteiger partial charge in [-0.15, -0.1) is 0 Å². The van der Waals surface area contributed by atoms with Crippen molar-refractivity contribution in [2.45, 2.75) is 45.2 Å². The van der Waals surface area contributed by atoms with Crippen LogP contribution in [-0.2, 0) is 20.5 Å². The summed E-state index contributed by atoms with van der Waals surface area (Å²) in [5.41, 5.74) is 1.45. The molecule has 0 N–H and O–H groups in total. The molecule has 0 radical (unpaired) electrons. The lowest BCUT2D eigenvalue weighted by atomic mass is 10.1. The van der Waals surface area contributed by atoms with E-state index in [1.165, 1.54) is 4.31 Å². The molecule has 0 saturated carbocycles. The Morgan fingerprint density at radius 3 is 2.37 bits per heavy atom. The lowest BCUT2D eigenvalue weighted by Crippen LogP contribution is -2.47. The monoisotopic (exact) mass is 283 g/mol. The summed E-state index contributed by atoms with van der Waals surface area (Å²) in [5.74, 6) is 0.0183. The van der Waals surface area contributed by atoms with E-state index in [0.717, 1.165) is 11.1 Å². The van der Waals surface area contributed by atoms with Crippen LogP contribution < -0.4 is 0 Å². The maximum atomic E-state index is 12.6. The average Bonchev–Trinajstić information content (AvgIpc) is 2.56. The summed E-state index contributed by atoms with van der Waals surface area (Å²) in [7, 11) is -3.37. The van der Waals surface area contributed by atoms with E-state index in [2.05, 4.69) is 0 Å². The lowest BCUT2D eigenvalue weighted by Gasteiger charge is -2.30. The second-order valence-corrected chi connectivity index (χ2v) is 7.61. The zero-order chi connectivity index (χ0) is 14.3. The molecule has 106 valence electrons. The van der Waals surface area contributed by atoms with E-state index in [-0.39, 0.29) is 5.75 Å². The van der Waals surface area contributed by atoms with Crippen molar-refractivity contribution in [2.24, 2.45) is 0 Å². The molecule has 0 bridgehead atoms. The Morgan fingerprint density at radius 2 is 1.89 bits per heavy atom. The number of rotatable bonds is 3. The fourth-order valence-corrected chi connectivity index (χ4v) is 4.59. The fraction of sp³-hybridized carbons (Fsp3) is 0.571. The van der Waals surface area contributed by atoms with Crippen LogP contribution in [0.15, 0.2) is 24.3 Å². The smallest absolute Gasteiger partial charge is 0.221 e. The highest BCUT2D eigenvalue weighted by Gasteiger charge is 2.45. The standard InChI is InChI=1S/C14H21NO3S/c1-11-5-7-13(8-6-11)9-19(16,17)15-12(2)18-10-14(15,3)4/h5-8,12H,9-10H2,1-4H3. The number of hydrogen-bond donors (Lipinski definition) is 0. The maximum absolute atomic E-state index is 12.6. The molecular weight excluding hydrogens is 262 g/mol. The molecule has 19 heavy (non-hydrogen) atoms. The van der Waals surface area contributed by atoms with Gasteiger partial charge in [-0.25, -0.2) is 8.42 Å². The molecule has 1 atom stereocenters. The largest absolute Gasteiger partial charge is 0.360 e. The highest BCUT2D eigenvalue weighted by Crippen LogP contribution is 2.31. The molecule has 1 aliphatic rings. The topological polar surface area (TPSA) is 46.6 Å². The second-order valence-electron chi connectivity index (χ2n) is 5.76. The highest BCUT2D eigenvalue weighted by molar-refractivity contribution is 7.88. The molecule has 0 amide bonds. The predicted octanol–water partition coefficient (Wildman–Crippen LogP) is 2.28. The summed E-state index contributed by atoms with van der Waals surface area (Å²) in [6, 6.07) is 7.59. The van der Waals surface area contributed by atoms with E-state index < -0.39 is 21.8 Å². The minimum Gasteiger partial charge on any atom is -0.360 e. The van der Waals surface area contributed by atoms with E-state index in [4.69, 9.17) is 4.74 Å². The van der Waals surface area contributed by atoms with E-state index in [1.807, 2.05) is 45.0 Å². The molecular formula is C14H21NO3S. The zero-order valence-electron chi connectivity index (χ0n) is 11.9. The molecule has 1 heterocycles. The normalized spacial score (nSPS) is 23.7. The van der Waals surface area contributed by atoms with Gasteiger partial charge >= 0.3 is 0 Å². The Morgan fingerprint density at radius 1 is 1.32 bits per heavy atom. The van der Waals surface area contributed by atoms with Crippen LogP contribution in [0, 0.1) is 6.92 Å². The third kappa shape index (κ3) is 2.99. The summed E-state index contributed by atoms with van der Waals surface area (Å²) in [6.07, 6.45) is -0.398. The van der Waals surface area contributed by atoms with Crippen LogP contribution in [0.3, 0.4) is 0 Å². The van der Waals surface area contributed by atoms with Gasteiger partial charge in [-0.3, -0.25) is 0 Å². The van der Waals surface area contributed by atoms with Gasteiger partial charge in [0.05, 0.1) is 17.9 Å². The van der Waals surface area contributed by atoms with Crippen LogP contribution >= 0.6 is 0 Å². The van der Waals surface area contributed by atoms with Gasteiger partial charge in [0.25, 0.3) is 0 Å². The number of hydrogen-bond acceptors (Lipinski definition) is 3. The van der Waals surface area contributed by atoms with Gasteiger partial charge in [0.15, 0.2) is 0 Å². The van der Waals surface area contributed by atoms with Gasteiger partial charge in [-0.2, -0.15) is 4.31 Å². The number of sulfonamides is 1. The molecule has 4 nitrogen and oxygen atoms in total. The van der Waals surface area contributed by atoms with Gasteiger partial charge in [0, 0.05) is 0 Å². The van der Waals surface area contributed by atoms with Crippen molar-refractivity contribution < 1.29 is 13.2 Å². The molecule has 1 aromatic carbocycles. The summed E-state index contributed by atoms with van der Waals surface area (Å²) in [6.45, 7) is 7.98. The number of nitrogens with zero attached hydrogens (tertiary/aromatic N) is 1. The van der Waals surface area contributed by atoms with E-state index in [9.17, 15) is 8.42 Å². The first-order valence-electron chi connectivity index (χ1n) is 6.42. The maximum Gasteiger partial charge on any atom is 0.221 e. The SMILES string of the molecule is Cc1ccc(CS(=O)(=O)N2C(C)OCC2(C)C)cc1. The summed E-state index contributed by atoms with van der Waals surface area (Å²) in [5, 5.41) is 0. The van der Waals surface area contributed by atoms with Crippen molar-refractivity contribution in [3.05, 3.63) is 35.4 Å². The average molecular weight is 283 g/mol. The van der Waals surface area contributed by atoms with E-state index >= 15 is 0 Å². The van der Waals surface area contributed by atoms with Crippen molar-refractivity contribution >= 4 is 10.0 Å². The molecule has 0 aromatic heterocycles. The minimum atomic E-state index is -3.37. The van der Waals surface area contributed by atoms with Crippen molar-refractivity contribution in [1.29, 1.82) is 0 Å². The highest BCUT2D eigenvalue weighted by atomic mass is 32.2. The molecule has 0 spiro atoms. The molecule has 1 unspecified atom stereocenters. The molecule has 1 aromatic rings. The Kier molecular flexibility index (Phi) is 3.73. The first-order valence-corrected chi connectivity index (χ1v) is 8.03. The Balaban J connectivity index is 2.25. The summed E-state index contributed by atoms with van der Waals surface area (Å²) < 4.78 is 32.1. The molecule has 2 rings (SSSR count). The third-order valence-electron chi connectivity index (χ3n) is 3.37. The van der Waals surface area contributed by atoms with Crippen molar-refractivity contribution in [1.82, 2.24) is 4.31 Å². The van der Waals surface area contributed by atoms with Crippen LogP contribution in [-0.4, -0.2) is 31.1 Å². The quantitative estimate of drug-likeness (QED) is 0.855. The Bertz CT molecular complexity index is 549. The van der Waals surface area contributed by atoms with Gasteiger partial charge in [0.1, 0.15) is 6.23 Å². The predicted molar refractivity (Wildman–Crippen MR) is 75.1 cm³/mol. The fourth-order valence-electron chi connectivity index (χ4n) is 2.52. The lowest BCUT2D eigenvalue weighted by molar-refractivity contribution is 0.0843. The van der Waals surface area contributed by atoms with Gasteiger partial charge < -0.3 is 4.74 Å². The van der Waals surface area contributed by atoms with Crippen LogP contribution in [0.5, 0.6) is 0 Å². The molecule has 5 heteroatoms. The van der Waals surface area contributed by atoms with Gasteiger partial charge in [-0.05, 0) is 33.3 Å². The van der Waals surface area contributed by atoms with Crippen molar-refractivity contribution in [3.8, 4) is 0 Å². The van der Waals surface area contributed by atoms with Crippen LogP contribution in [0.4, 0.5) is 0 Å². The van der Waals surface area contributed by atoms with E-state index in [1.54, 1.807) is 6.92 Å². The van der Waals surface area contributed by atoms with Gasteiger partial charge in [0.2, 0.25) is 10.0 Å². The Hall–Kier alpha value is -0.910. The van der Waals surface area contributed by atoms with Gasteiger partial charge in [-0.1, -0.05) is 29.8 Å². The third-order valence-corrected chi connectivity index (χ3v) is 5.46. The first-order chi connectivity index (χ1) is 8.72. The van der Waals surface area contributed by atoms with Crippen LogP contribution in [0.1, 0.15) is 31.9 Å². The Labute approximate surface area is 115 Å². The van der Waals surface area contributed by atoms with Crippen molar-refractivity contribution in [2.75, 3.05) is 6.61 Å². The second kappa shape index (κ2) is 4.89. The molecule has 0 aliphatic carbocycles. The number of aryl methyl sites for hydroxylation is 1. The van der Waals surface area contributed by atoms with Crippen LogP contribution in [0.25, 0.3) is 0 Å². The molecule has 1 saturated heterocycles. The molecule has 1 fully saturated rings.